The van der Waals surface area contributed by atoms with Crippen LogP contribution in [-0.4, -0.2) is 49.4 Å². The summed E-state index contributed by atoms with van der Waals surface area (Å²) in [7, 11) is 2.06. The first-order chi connectivity index (χ1) is 5.33. The van der Waals surface area contributed by atoms with E-state index in [1.165, 1.54) is 0 Å². The zero-order valence-corrected chi connectivity index (χ0v) is 11.8. The third-order valence-electron chi connectivity index (χ3n) is 1.63. The van der Waals surface area contributed by atoms with E-state index in [1.807, 2.05) is 20.3 Å². The minimum atomic E-state index is 0. The Kier molecular flexibility index (Phi) is 13.1. The van der Waals surface area contributed by atoms with Crippen molar-refractivity contribution in [1.29, 1.82) is 0 Å². The summed E-state index contributed by atoms with van der Waals surface area (Å²) < 4.78 is 0. The number of carbonyl (C=O) groups excluding carboxylic acids is 1. The molecule has 4 heteroatoms. The maximum atomic E-state index is 10.0. The van der Waals surface area contributed by atoms with Crippen LogP contribution < -0.4 is 51.4 Å². The molecule has 0 N–H and O–H groups in total. The number of nitrogens with zero attached hydrogens (tertiary/aromatic N) is 2. The molecule has 1 heterocycles. The van der Waals surface area contributed by atoms with E-state index in [9.17, 15) is 4.79 Å². The summed E-state index contributed by atoms with van der Waals surface area (Å²) in [6, 6.07) is 0. The second kappa shape index (κ2) is 10.1. The third-order valence-corrected chi connectivity index (χ3v) is 1.63. The topological polar surface area (TPSA) is 23.6 Å². The van der Waals surface area contributed by atoms with E-state index in [1.54, 1.807) is 4.90 Å². The van der Waals surface area contributed by atoms with Gasteiger partial charge >= 0.3 is 51.4 Å². The molecule has 0 saturated carbocycles. The van der Waals surface area contributed by atoms with Crippen molar-refractivity contribution < 1.29 is 56.2 Å². The van der Waals surface area contributed by atoms with Crippen LogP contribution in [0.5, 0.6) is 0 Å². The fraction of sp³-hybridized carbons (Fsp3) is 0.875. The molecule has 0 aromatic rings. The van der Waals surface area contributed by atoms with Gasteiger partial charge in [-0.3, -0.25) is 0 Å². The number of piperazine rings is 1. The van der Waals surface area contributed by atoms with Gasteiger partial charge in [0.2, 0.25) is 0 Å². The van der Waals surface area contributed by atoms with E-state index < -0.39 is 0 Å². The molecule has 1 amide bonds. The molecule has 0 unspecified atom stereocenters. The zero-order valence-electron chi connectivity index (χ0n) is 8.63. The van der Waals surface area contributed by atoms with Crippen LogP contribution in [0.3, 0.4) is 0 Å². The molecule has 1 fully saturated rings. The Bertz CT molecular complexity index is 103. The number of hydrogen-bond donors (Lipinski definition) is 0. The number of amides is 1. The first-order valence-electron chi connectivity index (χ1n) is 4.14. The average Bonchev–Trinajstić information content (AvgIpc) is 2.10. The van der Waals surface area contributed by atoms with Gasteiger partial charge in [0.1, 0.15) is 0 Å². The third kappa shape index (κ3) is 6.57. The Hall–Kier alpha value is 1.07. The normalized spacial score (nSPS) is 17.1. The van der Waals surface area contributed by atoms with Crippen molar-refractivity contribution in [3.8, 4) is 0 Å². The van der Waals surface area contributed by atoms with E-state index >= 15 is 0 Å². The molecular formula is C8H17KN2O. The standard InChI is InChI=1S/C6H11N2O.C2H6.K/c1-7-2-4-8(6-9)5-3-7;1-2;/h2-5H2,1H3;1-2H3;/q-1;;+1. The van der Waals surface area contributed by atoms with E-state index in [2.05, 4.69) is 11.9 Å². The van der Waals surface area contributed by atoms with E-state index in [4.69, 9.17) is 0 Å². The van der Waals surface area contributed by atoms with E-state index in [0.717, 1.165) is 26.2 Å². The van der Waals surface area contributed by atoms with Crippen molar-refractivity contribution in [3.05, 3.63) is 0 Å². The van der Waals surface area contributed by atoms with Gasteiger partial charge in [0.15, 0.2) is 0 Å². The summed E-state index contributed by atoms with van der Waals surface area (Å²) in [6.07, 6.45) is 1.88. The Morgan fingerprint density at radius 1 is 1.08 bits per heavy atom. The molecule has 0 aromatic carbocycles. The molecule has 0 aliphatic carbocycles. The van der Waals surface area contributed by atoms with Gasteiger partial charge in [0.25, 0.3) is 0 Å². The summed E-state index contributed by atoms with van der Waals surface area (Å²) in [6.45, 7) is 7.63. The van der Waals surface area contributed by atoms with Crippen LogP contribution in [0.15, 0.2) is 0 Å². The molecule has 0 spiro atoms. The van der Waals surface area contributed by atoms with Gasteiger partial charge in [-0.2, -0.15) is 6.41 Å². The zero-order chi connectivity index (χ0) is 8.69. The summed E-state index contributed by atoms with van der Waals surface area (Å²) in [5.74, 6) is 0. The fourth-order valence-electron chi connectivity index (χ4n) is 0.898. The summed E-state index contributed by atoms with van der Waals surface area (Å²) >= 11 is 0. The second-order valence-electron chi connectivity index (χ2n) is 2.38. The number of rotatable bonds is 1. The van der Waals surface area contributed by atoms with Crippen LogP contribution in [0.4, 0.5) is 0 Å². The van der Waals surface area contributed by atoms with Crippen molar-refractivity contribution in [2.24, 2.45) is 0 Å². The fourth-order valence-corrected chi connectivity index (χ4v) is 0.898. The molecule has 1 aliphatic heterocycles. The molecule has 66 valence electrons. The molecule has 3 nitrogen and oxygen atoms in total. The molecular weight excluding hydrogens is 179 g/mol. The average molecular weight is 196 g/mol. The Morgan fingerprint density at radius 2 is 1.50 bits per heavy atom. The van der Waals surface area contributed by atoms with E-state index in [0.29, 0.717) is 0 Å². The molecule has 1 saturated heterocycles. The second-order valence-corrected chi connectivity index (χ2v) is 2.38. The van der Waals surface area contributed by atoms with Crippen LogP contribution in [0.1, 0.15) is 13.8 Å². The first-order valence-corrected chi connectivity index (χ1v) is 4.14. The molecule has 0 aromatic heterocycles. The molecule has 12 heavy (non-hydrogen) atoms. The van der Waals surface area contributed by atoms with Crippen molar-refractivity contribution in [2.75, 3.05) is 33.2 Å². The van der Waals surface area contributed by atoms with Gasteiger partial charge < -0.3 is 14.6 Å². The quantitative estimate of drug-likeness (QED) is 0.337. The molecule has 0 bridgehead atoms. The Labute approximate surface area is 118 Å². The molecule has 1 rings (SSSR count). The van der Waals surface area contributed by atoms with Gasteiger partial charge in [0, 0.05) is 26.2 Å². The first kappa shape index (κ1) is 15.5. The molecule has 1 aliphatic rings. The molecule has 0 radical (unpaired) electrons. The van der Waals surface area contributed by atoms with Crippen molar-refractivity contribution in [3.63, 3.8) is 0 Å². The summed E-state index contributed by atoms with van der Waals surface area (Å²) in [4.78, 5) is 13.9. The van der Waals surface area contributed by atoms with Gasteiger partial charge in [0.05, 0.1) is 0 Å². The van der Waals surface area contributed by atoms with Crippen molar-refractivity contribution in [1.82, 2.24) is 9.80 Å². The minimum absolute atomic E-state index is 0. The largest absolute Gasteiger partial charge is 1.00 e. The van der Waals surface area contributed by atoms with E-state index in [-0.39, 0.29) is 51.4 Å². The van der Waals surface area contributed by atoms with Gasteiger partial charge in [-0.15, -0.1) is 0 Å². The number of hydrogen-bond acceptors (Lipinski definition) is 2. The smallest absolute Gasteiger partial charge is 0.520 e. The minimum Gasteiger partial charge on any atom is -0.520 e. The van der Waals surface area contributed by atoms with Gasteiger partial charge in [-0.05, 0) is 7.05 Å². The maximum absolute atomic E-state index is 10.0. The Morgan fingerprint density at radius 3 is 1.83 bits per heavy atom. The van der Waals surface area contributed by atoms with Crippen LogP contribution in [0, 0.1) is 0 Å². The maximum Gasteiger partial charge on any atom is 1.00 e. The Balaban J connectivity index is 0. The van der Waals surface area contributed by atoms with Gasteiger partial charge in [-0.1, -0.05) is 13.8 Å². The summed E-state index contributed by atoms with van der Waals surface area (Å²) in [5.41, 5.74) is 0. The monoisotopic (exact) mass is 196 g/mol. The van der Waals surface area contributed by atoms with Crippen molar-refractivity contribution in [2.45, 2.75) is 13.8 Å². The van der Waals surface area contributed by atoms with Gasteiger partial charge in [-0.25, -0.2) is 0 Å². The number of likely N-dealkylation sites (N-methyl/N-ethyl adjacent to an activating group) is 1. The SMILES string of the molecule is CC.CN1CCN([C-]=O)CC1.[K+]. The van der Waals surface area contributed by atoms with Crippen LogP contribution in [-0.2, 0) is 4.79 Å². The van der Waals surface area contributed by atoms with Crippen LogP contribution >= 0.6 is 0 Å². The van der Waals surface area contributed by atoms with Crippen molar-refractivity contribution >= 4 is 6.41 Å². The van der Waals surface area contributed by atoms with Crippen LogP contribution in [0.25, 0.3) is 0 Å². The predicted molar refractivity (Wildman–Crippen MR) is 46.1 cm³/mol. The van der Waals surface area contributed by atoms with Crippen LogP contribution in [0.2, 0.25) is 0 Å². The summed E-state index contributed by atoms with van der Waals surface area (Å²) in [5, 5.41) is 0. The predicted octanol–water partition coefficient (Wildman–Crippen LogP) is -2.67. The molecule has 0 atom stereocenters.